The van der Waals surface area contributed by atoms with Gasteiger partial charge in [0.05, 0.1) is 12.7 Å². The summed E-state index contributed by atoms with van der Waals surface area (Å²) in [6, 6.07) is 0. The van der Waals surface area contributed by atoms with Crippen molar-refractivity contribution in [3.8, 4) is 0 Å². The molecule has 0 bridgehead atoms. The Kier molecular flexibility index (Phi) is 33.4. The molecule has 0 aliphatic heterocycles. The summed E-state index contributed by atoms with van der Waals surface area (Å²) in [6.45, 7) is 11.1. The molecule has 0 amide bonds. The van der Waals surface area contributed by atoms with Crippen molar-refractivity contribution in [1.82, 2.24) is 0 Å². The van der Waals surface area contributed by atoms with Gasteiger partial charge in [0.2, 0.25) is 0 Å². The number of unbranched alkanes of at least 4 members (excludes halogenated alkanes) is 23. The van der Waals surface area contributed by atoms with Gasteiger partial charge in [-0.3, -0.25) is 9.59 Å². The van der Waals surface area contributed by atoms with Gasteiger partial charge in [0.1, 0.15) is 6.61 Å². The highest BCUT2D eigenvalue weighted by molar-refractivity contribution is 5.70. The lowest BCUT2D eigenvalue weighted by atomic mass is 10.0. The Morgan fingerprint density at radius 1 is 0.467 bits per heavy atom. The van der Waals surface area contributed by atoms with Crippen LogP contribution in [0.1, 0.15) is 214 Å². The van der Waals surface area contributed by atoms with E-state index < -0.39 is 6.10 Å². The molecule has 0 saturated carbocycles. The number of carbonyl (C=O) groups is 2. The zero-order valence-corrected chi connectivity index (χ0v) is 31.0. The molecule has 1 atom stereocenters. The molecule has 5 heteroatoms. The van der Waals surface area contributed by atoms with Gasteiger partial charge in [-0.15, -0.1) is 0 Å². The molecular weight excluding hydrogens is 560 g/mol. The summed E-state index contributed by atoms with van der Waals surface area (Å²) in [5.41, 5.74) is 0. The Morgan fingerprint density at radius 3 is 1.24 bits per heavy atom. The molecule has 0 rings (SSSR count). The van der Waals surface area contributed by atoms with Crippen molar-refractivity contribution in [2.45, 2.75) is 227 Å². The first-order valence-corrected chi connectivity index (χ1v) is 19.8. The summed E-state index contributed by atoms with van der Waals surface area (Å²) in [5, 5.41) is 0. The Bertz CT molecular complexity index is 632. The van der Waals surface area contributed by atoms with Gasteiger partial charge in [-0.2, -0.15) is 0 Å². The summed E-state index contributed by atoms with van der Waals surface area (Å²) in [4.78, 5) is 24.8. The van der Waals surface area contributed by atoms with Gasteiger partial charge in [0, 0.05) is 12.8 Å². The monoisotopic (exact) mass is 639 g/mol. The van der Waals surface area contributed by atoms with Crippen LogP contribution in [0.5, 0.6) is 0 Å². The Morgan fingerprint density at radius 2 is 0.844 bits per heavy atom. The zero-order valence-electron chi connectivity index (χ0n) is 31.0. The second-order valence-corrected chi connectivity index (χ2v) is 14.3. The van der Waals surface area contributed by atoms with Crippen LogP contribution in [0, 0.1) is 5.92 Å². The molecule has 0 spiro atoms. The number of carbonyl (C=O) groups excluding carboxylic acids is 2. The van der Waals surface area contributed by atoms with E-state index in [4.69, 9.17) is 14.2 Å². The van der Waals surface area contributed by atoms with Crippen molar-refractivity contribution in [2.75, 3.05) is 13.2 Å². The van der Waals surface area contributed by atoms with Crippen LogP contribution in [0.2, 0.25) is 0 Å². The Labute approximate surface area is 281 Å². The first-order chi connectivity index (χ1) is 21.8. The minimum atomic E-state index is -0.536. The van der Waals surface area contributed by atoms with Gasteiger partial charge in [0.15, 0.2) is 6.10 Å². The van der Waals surface area contributed by atoms with E-state index in [1.54, 1.807) is 0 Å². The van der Waals surface area contributed by atoms with Crippen molar-refractivity contribution in [3.63, 3.8) is 0 Å². The molecule has 0 radical (unpaired) electrons. The standard InChI is InChI=1S/C40H78O5/c1-6-7-8-9-10-11-12-13-18-21-24-27-30-33-40(42)45-38(34-43-37(4)5)35-44-39(41)32-29-26-23-20-17-15-14-16-19-22-25-28-31-36(2)3/h36-38H,6-35H2,1-5H3. The molecule has 0 heterocycles. The third kappa shape index (κ3) is 35.6. The van der Waals surface area contributed by atoms with E-state index in [0.29, 0.717) is 12.8 Å². The number of rotatable bonds is 35. The third-order valence-electron chi connectivity index (χ3n) is 8.74. The molecule has 0 aliphatic rings. The fourth-order valence-electron chi connectivity index (χ4n) is 5.80. The quantitative estimate of drug-likeness (QED) is 0.0510. The lowest BCUT2D eigenvalue weighted by Crippen LogP contribution is -2.30. The lowest BCUT2D eigenvalue weighted by molar-refractivity contribution is -0.163. The topological polar surface area (TPSA) is 61.8 Å². The molecule has 1 unspecified atom stereocenters. The fourth-order valence-corrected chi connectivity index (χ4v) is 5.80. The first-order valence-electron chi connectivity index (χ1n) is 19.8. The molecule has 268 valence electrons. The summed E-state index contributed by atoms with van der Waals surface area (Å²) < 4.78 is 16.8. The molecule has 0 fully saturated rings. The average Bonchev–Trinajstić information content (AvgIpc) is 3.00. The predicted molar refractivity (Wildman–Crippen MR) is 192 cm³/mol. The van der Waals surface area contributed by atoms with E-state index in [9.17, 15) is 9.59 Å². The van der Waals surface area contributed by atoms with Gasteiger partial charge in [-0.05, 0) is 32.6 Å². The molecule has 0 saturated heterocycles. The summed E-state index contributed by atoms with van der Waals surface area (Å²) in [7, 11) is 0. The molecule has 45 heavy (non-hydrogen) atoms. The number of ether oxygens (including phenoxy) is 3. The second-order valence-electron chi connectivity index (χ2n) is 14.3. The van der Waals surface area contributed by atoms with E-state index in [-0.39, 0.29) is 31.3 Å². The van der Waals surface area contributed by atoms with Crippen molar-refractivity contribution in [3.05, 3.63) is 0 Å². The number of hydrogen-bond donors (Lipinski definition) is 0. The molecular formula is C40H78O5. The lowest BCUT2D eigenvalue weighted by Gasteiger charge is -2.19. The maximum Gasteiger partial charge on any atom is 0.306 e. The molecule has 5 nitrogen and oxygen atoms in total. The maximum atomic E-state index is 12.5. The van der Waals surface area contributed by atoms with E-state index >= 15 is 0 Å². The summed E-state index contributed by atoms with van der Waals surface area (Å²) in [5.74, 6) is 0.427. The highest BCUT2D eigenvalue weighted by atomic mass is 16.6. The van der Waals surface area contributed by atoms with Crippen LogP contribution in [0.4, 0.5) is 0 Å². The molecule has 0 aromatic heterocycles. The average molecular weight is 639 g/mol. The number of hydrogen-bond acceptors (Lipinski definition) is 5. The summed E-state index contributed by atoms with van der Waals surface area (Å²) in [6.07, 6.45) is 33.7. The van der Waals surface area contributed by atoms with Crippen LogP contribution in [-0.4, -0.2) is 37.4 Å². The normalized spacial score (nSPS) is 12.2. The van der Waals surface area contributed by atoms with Crippen LogP contribution in [0.3, 0.4) is 0 Å². The minimum Gasteiger partial charge on any atom is -0.462 e. The smallest absolute Gasteiger partial charge is 0.306 e. The van der Waals surface area contributed by atoms with Crippen LogP contribution >= 0.6 is 0 Å². The van der Waals surface area contributed by atoms with Crippen molar-refractivity contribution < 1.29 is 23.8 Å². The van der Waals surface area contributed by atoms with Crippen LogP contribution in [0.25, 0.3) is 0 Å². The van der Waals surface area contributed by atoms with Gasteiger partial charge >= 0.3 is 11.9 Å². The predicted octanol–water partition coefficient (Wildman–Crippen LogP) is 12.5. The highest BCUT2D eigenvalue weighted by Crippen LogP contribution is 2.16. The van der Waals surface area contributed by atoms with Gasteiger partial charge in [-0.25, -0.2) is 0 Å². The molecule has 0 aromatic rings. The maximum absolute atomic E-state index is 12.5. The van der Waals surface area contributed by atoms with E-state index in [1.807, 2.05) is 13.8 Å². The van der Waals surface area contributed by atoms with Crippen molar-refractivity contribution >= 4 is 11.9 Å². The van der Waals surface area contributed by atoms with Gasteiger partial charge in [-0.1, -0.05) is 175 Å². The third-order valence-corrected chi connectivity index (χ3v) is 8.74. The Hall–Kier alpha value is -1.10. The summed E-state index contributed by atoms with van der Waals surface area (Å²) >= 11 is 0. The van der Waals surface area contributed by atoms with Crippen LogP contribution < -0.4 is 0 Å². The van der Waals surface area contributed by atoms with E-state index in [2.05, 4.69) is 20.8 Å². The second kappa shape index (κ2) is 34.2. The molecule has 0 aliphatic carbocycles. The first kappa shape index (κ1) is 43.9. The van der Waals surface area contributed by atoms with Crippen molar-refractivity contribution in [1.29, 1.82) is 0 Å². The van der Waals surface area contributed by atoms with Crippen molar-refractivity contribution in [2.24, 2.45) is 5.92 Å². The zero-order chi connectivity index (χ0) is 33.2. The van der Waals surface area contributed by atoms with Crippen LogP contribution in [0.15, 0.2) is 0 Å². The highest BCUT2D eigenvalue weighted by Gasteiger charge is 2.18. The largest absolute Gasteiger partial charge is 0.462 e. The van der Waals surface area contributed by atoms with Gasteiger partial charge in [0.25, 0.3) is 0 Å². The molecule has 0 aromatic carbocycles. The fraction of sp³-hybridized carbons (Fsp3) is 0.950. The van der Waals surface area contributed by atoms with Crippen LogP contribution in [-0.2, 0) is 23.8 Å². The minimum absolute atomic E-state index is 0.0301. The van der Waals surface area contributed by atoms with E-state index in [0.717, 1.165) is 31.6 Å². The SMILES string of the molecule is CCCCCCCCCCCCCCCC(=O)OC(COC(=O)CCCCCCCCCCCCCCC(C)C)COC(C)C. The number of esters is 2. The molecule has 0 N–H and O–H groups in total. The van der Waals surface area contributed by atoms with E-state index in [1.165, 1.54) is 141 Å². The van der Waals surface area contributed by atoms with Gasteiger partial charge < -0.3 is 14.2 Å². The Balaban J connectivity index is 3.81.